The molecule has 5 nitrogen and oxygen atoms in total. The summed E-state index contributed by atoms with van der Waals surface area (Å²) in [6.07, 6.45) is 2.06. The number of nitrogens with zero attached hydrogens (tertiary/aromatic N) is 1. The first-order valence-electron chi connectivity index (χ1n) is 7.84. The molecule has 1 heterocycles. The predicted octanol–water partition coefficient (Wildman–Crippen LogP) is 2.65. The number of benzene rings is 1. The molecule has 2 amide bonds. The molecule has 1 aliphatic rings. The normalized spacial score (nSPS) is 13.5. The van der Waals surface area contributed by atoms with Crippen LogP contribution in [0.25, 0.3) is 11.3 Å². The zero-order chi connectivity index (χ0) is 17.1. The fraction of sp³-hybridized carbons (Fsp3) is 0.353. The van der Waals surface area contributed by atoms with E-state index in [-0.39, 0.29) is 24.9 Å². The lowest BCUT2D eigenvalue weighted by Crippen LogP contribution is -2.39. The summed E-state index contributed by atoms with van der Waals surface area (Å²) in [5.41, 5.74) is 3.12. The number of carbonyl (C=O) groups is 2. The zero-order valence-electron chi connectivity index (χ0n) is 13.4. The molecule has 126 valence electrons. The lowest BCUT2D eigenvalue weighted by Gasteiger charge is -2.10. The Morgan fingerprint density at radius 2 is 1.96 bits per heavy atom. The van der Waals surface area contributed by atoms with Gasteiger partial charge in [0.25, 0.3) is 0 Å². The SMILES string of the molecule is Cc1ccc(-c2csc(=S)n2CC(=O)NCC(=O)NC2CC2)cc1. The molecule has 0 unspecified atom stereocenters. The summed E-state index contributed by atoms with van der Waals surface area (Å²) in [7, 11) is 0. The van der Waals surface area contributed by atoms with Gasteiger partial charge in [-0.3, -0.25) is 9.59 Å². The van der Waals surface area contributed by atoms with Crippen LogP contribution in [0, 0.1) is 10.9 Å². The van der Waals surface area contributed by atoms with Crippen LogP contribution >= 0.6 is 23.6 Å². The number of hydrogen-bond donors (Lipinski definition) is 2. The molecule has 3 rings (SSSR count). The van der Waals surface area contributed by atoms with Gasteiger partial charge in [-0.1, -0.05) is 29.8 Å². The fourth-order valence-corrected chi connectivity index (χ4v) is 3.39. The van der Waals surface area contributed by atoms with Crippen LogP contribution in [0.4, 0.5) is 0 Å². The Kier molecular flexibility index (Phi) is 5.11. The van der Waals surface area contributed by atoms with Crippen LogP contribution in [-0.2, 0) is 16.1 Å². The molecule has 1 aliphatic carbocycles. The van der Waals surface area contributed by atoms with E-state index < -0.39 is 0 Å². The molecule has 0 bridgehead atoms. The first-order valence-corrected chi connectivity index (χ1v) is 9.13. The highest BCUT2D eigenvalue weighted by Gasteiger charge is 2.23. The maximum absolute atomic E-state index is 12.2. The number of amides is 2. The fourth-order valence-electron chi connectivity index (χ4n) is 2.31. The van der Waals surface area contributed by atoms with Crippen LogP contribution in [0.15, 0.2) is 29.6 Å². The second kappa shape index (κ2) is 7.27. The molecular weight excluding hydrogens is 342 g/mol. The van der Waals surface area contributed by atoms with E-state index in [1.165, 1.54) is 16.9 Å². The van der Waals surface area contributed by atoms with Gasteiger partial charge in [-0.25, -0.2) is 0 Å². The van der Waals surface area contributed by atoms with Gasteiger partial charge < -0.3 is 15.2 Å². The van der Waals surface area contributed by atoms with E-state index in [1.54, 1.807) is 4.57 Å². The van der Waals surface area contributed by atoms with Gasteiger partial charge in [-0.2, -0.15) is 0 Å². The summed E-state index contributed by atoms with van der Waals surface area (Å²) >= 11 is 6.77. The van der Waals surface area contributed by atoms with E-state index >= 15 is 0 Å². The summed E-state index contributed by atoms with van der Waals surface area (Å²) in [5.74, 6) is -0.359. The van der Waals surface area contributed by atoms with Gasteiger partial charge in [0.15, 0.2) is 3.95 Å². The molecule has 1 saturated carbocycles. The van der Waals surface area contributed by atoms with Gasteiger partial charge in [0.1, 0.15) is 6.54 Å². The van der Waals surface area contributed by atoms with Gasteiger partial charge >= 0.3 is 0 Å². The Morgan fingerprint density at radius 1 is 1.25 bits per heavy atom. The van der Waals surface area contributed by atoms with Crippen LogP contribution < -0.4 is 10.6 Å². The molecule has 0 spiro atoms. The Hall–Kier alpha value is -1.99. The first kappa shape index (κ1) is 16.9. The summed E-state index contributed by atoms with van der Waals surface area (Å²) in [6, 6.07) is 8.39. The summed E-state index contributed by atoms with van der Waals surface area (Å²) in [6.45, 7) is 2.15. The van der Waals surface area contributed by atoms with Crippen LogP contribution in [0.3, 0.4) is 0 Å². The first-order chi connectivity index (χ1) is 11.5. The lowest BCUT2D eigenvalue weighted by molar-refractivity contribution is -0.126. The number of carbonyl (C=O) groups excluding carboxylic acids is 2. The highest BCUT2D eigenvalue weighted by molar-refractivity contribution is 7.73. The molecule has 1 fully saturated rings. The van der Waals surface area contributed by atoms with E-state index in [4.69, 9.17) is 12.2 Å². The highest BCUT2D eigenvalue weighted by atomic mass is 32.1. The Labute approximate surface area is 149 Å². The van der Waals surface area contributed by atoms with Crippen molar-refractivity contribution >= 4 is 35.4 Å². The smallest absolute Gasteiger partial charge is 0.240 e. The van der Waals surface area contributed by atoms with E-state index in [9.17, 15) is 9.59 Å². The van der Waals surface area contributed by atoms with Crippen molar-refractivity contribution in [1.29, 1.82) is 0 Å². The highest BCUT2D eigenvalue weighted by Crippen LogP contribution is 2.24. The average molecular weight is 361 g/mol. The zero-order valence-corrected chi connectivity index (χ0v) is 15.0. The van der Waals surface area contributed by atoms with Crippen LogP contribution in [-0.4, -0.2) is 29.0 Å². The number of nitrogens with one attached hydrogen (secondary N) is 2. The minimum atomic E-state index is -0.219. The van der Waals surface area contributed by atoms with E-state index in [0.717, 1.165) is 24.1 Å². The quantitative estimate of drug-likeness (QED) is 0.778. The van der Waals surface area contributed by atoms with Crippen molar-refractivity contribution in [2.45, 2.75) is 32.4 Å². The van der Waals surface area contributed by atoms with Crippen molar-refractivity contribution in [1.82, 2.24) is 15.2 Å². The number of thiazole rings is 1. The van der Waals surface area contributed by atoms with Crippen molar-refractivity contribution in [3.63, 3.8) is 0 Å². The molecule has 24 heavy (non-hydrogen) atoms. The average Bonchev–Trinajstić information content (AvgIpc) is 3.30. The monoisotopic (exact) mass is 361 g/mol. The topological polar surface area (TPSA) is 63.1 Å². The third-order valence-corrected chi connectivity index (χ3v) is 5.09. The molecule has 0 aliphatic heterocycles. The third kappa shape index (κ3) is 4.30. The van der Waals surface area contributed by atoms with Crippen molar-refractivity contribution in [2.24, 2.45) is 0 Å². The summed E-state index contributed by atoms with van der Waals surface area (Å²) < 4.78 is 2.45. The summed E-state index contributed by atoms with van der Waals surface area (Å²) in [5, 5.41) is 7.46. The van der Waals surface area contributed by atoms with E-state index in [1.807, 2.05) is 36.6 Å². The summed E-state index contributed by atoms with van der Waals surface area (Å²) in [4.78, 5) is 23.8. The van der Waals surface area contributed by atoms with Crippen LogP contribution in [0.5, 0.6) is 0 Å². The predicted molar refractivity (Wildman–Crippen MR) is 97.5 cm³/mol. The van der Waals surface area contributed by atoms with Gasteiger partial charge in [0, 0.05) is 11.4 Å². The Balaban J connectivity index is 1.64. The van der Waals surface area contributed by atoms with Gasteiger partial charge in [-0.05, 0) is 37.5 Å². The van der Waals surface area contributed by atoms with Crippen molar-refractivity contribution in [3.8, 4) is 11.3 Å². The number of rotatable bonds is 6. The van der Waals surface area contributed by atoms with Crippen molar-refractivity contribution in [3.05, 3.63) is 39.2 Å². The number of aryl methyl sites for hydroxylation is 1. The Bertz CT molecular complexity index is 804. The van der Waals surface area contributed by atoms with Crippen molar-refractivity contribution < 1.29 is 9.59 Å². The molecule has 1 aromatic carbocycles. The van der Waals surface area contributed by atoms with Gasteiger partial charge in [0.05, 0.1) is 12.2 Å². The molecule has 2 N–H and O–H groups in total. The van der Waals surface area contributed by atoms with E-state index in [0.29, 0.717) is 10.00 Å². The van der Waals surface area contributed by atoms with E-state index in [2.05, 4.69) is 10.6 Å². The molecule has 0 atom stereocenters. The van der Waals surface area contributed by atoms with Crippen LogP contribution in [0.1, 0.15) is 18.4 Å². The second-order valence-electron chi connectivity index (χ2n) is 5.96. The number of hydrogen-bond acceptors (Lipinski definition) is 4. The van der Waals surface area contributed by atoms with Crippen molar-refractivity contribution in [2.75, 3.05) is 6.54 Å². The molecular formula is C17H19N3O2S2. The molecule has 7 heteroatoms. The number of aromatic nitrogens is 1. The van der Waals surface area contributed by atoms with Gasteiger partial charge in [0.2, 0.25) is 11.8 Å². The molecule has 0 saturated heterocycles. The largest absolute Gasteiger partial charge is 0.352 e. The minimum Gasteiger partial charge on any atom is -0.352 e. The standard InChI is InChI=1S/C17H19N3O2S2/c1-11-2-4-12(5-3-11)14-10-24-17(23)20(14)9-16(22)18-8-15(21)19-13-6-7-13/h2-5,10,13H,6-9H2,1H3,(H,18,22)(H,19,21). The minimum absolute atomic E-state index is 0.00660. The third-order valence-electron chi connectivity index (χ3n) is 3.82. The molecule has 2 aromatic rings. The maximum Gasteiger partial charge on any atom is 0.240 e. The maximum atomic E-state index is 12.2. The molecule has 0 radical (unpaired) electrons. The lowest BCUT2D eigenvalue weighted by atomic mass is 10.1. The van der Waals surface area contributed by atoms with Crippen LogP contribution in [0.2, 0.25) is 0 Å². The second-order valence-corrected chi connectivity index (χ2v) is 7.46. The van der Waals surface area contributed by atoms with Gasteiger partial charge in [-0.15, -0.1) is 11.3 Å². The molecule has 1 aromatic heterocycles. The Morgan fingerprint density at radius 3 is 2.62 bits per heavy atom.